The maximum atomic E-state index is 12.6. The summed E-state index contributed by atoms with van der Waals surface area (Å²) < 4.78 is 31.5. The van der Waals surface area contributed by atoms with Gasteiger partial charge in [0.15, 0.2) is 6.61 Å². The van der Waals surface area contributed by atoms with Gasteiger partial charge in [-0.05, 0) is 23.8 Å². The van der Waals surface area contributed by atoms with Gasteiger partial charge < -0.3 is 10.1 Å². The Balaban J connectivity index is 2.04. The van der Waals surface area contributed by atoms with Gasteiger partial charge in [-0.2, -0.15) is 4.31 Å². The third-order valence-corrected chi connectivity index (χ3v) is 6.54. The first-order valence-corrected chi connectivity index (χ1v) is 10.9. The Kier molecular flexibility index (Phi) is 8.19. The smallest absolute Gasteiger partial charge is 0.340 e. The minimum Gasteiger partial charge on any atom is -0.452 e. The molecule has 2 rings (SSSR count). The van der Waals surface area contributed by atoms with Crippen molar-refractivity contribution in [2.45, 2.75) is 25.3 Å². The van der Waals surface area contributed by atoms with E-state index in [0.29, 0.717) is 19.6 Å². The number of hydrogen-bond donors (Lipinski definition) is 1. The van der Waals surface area contributed by atoms with Crippen LogP contribution in [0.3, 0.4) is 0 Å². The van der Waals surface area contributed by atoms with Crippen LogP contribution in [0.5, 0.6) is 0 Å². The minimum absolute atomic E-state index is 0.0400. The minimum atomic E-state index is -3.76. The number of nitrogens with zero attached hydrogens (tertiary/aromatic N) is 1. The van der Waals surface area contributed by atoms with Gasteiger partial charge >= 0.3 is 5.97 Å². The number of halogens is 1. The Hall–Kier alpha value is -2.42. The van der Waals surface area contributed by atoms with Gasteiger partial charge in [-0.1, -0.05) is 55.8 Å². The molecule has 0 aromatic heterocycles. The van der Waals surface area contributed by atoms with Gasteiger partial charge in [-0.25, -0.2) is 13.2 Å². The van der Waals surface area contributed by atoms with E-state index in [1.54, 1.807) is 13.8 Å². The van der Waals surface area contributed by atoms with Gasteiger partial charge in [-0.3, -0.25) is 4.79 Å². The van der Waals surface area contributed by atoms with Crippen molar-refractivity contribution in [1.29, 1.82) is 0 Å². The number of carbonyl (C=O) groups is 2. The maximum Gasteiger partial charge on any atom is 0.340 e. The summed E-state index contributed by atoms with van der Waals surface area (Å²) in [7, 11) is -3.76. The second-order valence-corrected chi connectivity index (χ2v) is 8.41. The average Bonchev–Trinajstić information content (AvgIpc) is 2.72. The van der Waals surface area contributed by atoms with Crippen LogP contribution in [0.1, 0.15) is 29.8 Å². The molecule has 0 aliphatic heterocycles. The number of rotatable bonds is 9. The van der Waals surface area contributed by atoms with Crippen LogP contribution in [-0.2, 0) is 26.1 Å². The summed E-state index contributed by atoms with van der Waals surface area (Å²) in [6.07, 6.45) is 0. The molecule has 0 radical (unpaired) electrons. The molecule has 0 fully saturated rings. The van der Waals surface area contributed by atoms with Gasteiger partial charge in [0, 0.05) is 19.6 Å². The van der Waals surface area contributed by atoms with Crippen LogP contribution in [0.4, 0.5) is 0 Å². The predicted octanol–water partition coefficient (Wildman–Crippen LogP) is 2.84. The van der Waals surface area contributed by atoms with Gasteiger partial charge in [0.25, 0.3) is 5.91 Å². The molecule has 7 nitrogen and oxygen atoms in total. The third kappa shape index (κ3) is 6.03. The Morgan fingerprint density at radius 2 is 1.72 bits per heavy atom. The zero-order valence-electron chi connectivity index (χ0n) is 16.2. The second kappa shape index (κ2) is 10.4. The SMILES string of the molecule is CCN(CC)S(=O)(=O)c1ccc(Cl)c(C(=O)OCC(=O)NCc2ccccc2)c1. The van der Waals surface area contributed by atoms with Crippen molar-refractivity contribution >= 4 is 33.5 Å². The van der Waals surface area contributed by atoms with E-state index in [4.69, 9.17) is 16.3 Å². The van der Waals surface area contributed by atoms with Crippen molar-refractivity contribution in [3.63, 3.8) is 0 Å². The molecule has 0 saturated heterocycles. The first kappa shape index (κ1) is 22.9. The maximum absolute atomic E-state index is 12.6. The topological polar surface area (TPSA) is 92.8 Å². The normalized spacial score (nSPS) is 11.3. The zero-order chi connectivity index (χ0) is 21.4. The van der Waals surface area contributed by atoms with Gasteiger partial charge in [-0.15, -0.1) is 0 Å². The molecular weight excluding hydrogens is 416 g/mol. The molecule has 1 amide bonds. The van der Waals surface area contributed by atoms with Crippen LogP contribution in [-0.4, -0.2) is 44.3 Å². The van der Waals surface area contributed by atoms with Crippen molar-refractivity contribution in [3.8, 4) is 0 Å². The Morgan fingerprint density at radius 3 is 2.34 bits per heavy atom. The fourth-order valence-electron chi connectivity index (χ4n) is 2.59. The molecule has 2 aromatic rings. The summed E-state index contributed by atoms with van der Waals surface area (Å²) in [4.78, 5) is 24.2. The molecule has 0 bridgehead atoms. The quantitative estimate of drug-likeness (QED) is 0.607. The van der Waals surface area contributed by atoms with Crippen molar-refractivity contribution in [2.75, 3.05) is 19.7 Å². The van der Waals surface area contributed by atoms with Crippen LogP contribution in [0.25, 0.3) is 0 Å². The van der Waals surface area contributed by atoms with E-state index >= 15 is 0 Å². The highest BCUT2D eigenvalue weighted by atomic mass is 35.5. The molecule has 0 saturated carbocycles. The van der Waals surface area contributed by atoms with E-state index in [1.165, 1.54) is 22.5 Å². The molecule has 9 heteroatoms. The lowest BCUT2D eigenvalue weighted by atomic mass is 10.2. The molecule has 2 aromatic carbocycles. The zero-order valence-corrected chi connectivity index (χ0v) is 17.8. The summed E-state index contributed by atoms with van der Waals surface area (Å²) in [5.41, 5.74) is 0.792. The van der Waals surface area contributed by atoms with E-state index in [9.17, 15) is 18.0 Å². The standard InChI is InChI=1S/C20H23ClN2O5S/c1-3-23(4-2)29(26,27)16-10-11-18(21)17(12-16)20(25)28-14-19(24)22-13-15-8-6-5-7-9-15/h5-12H,3-4,13-14H2,1-2H3,(H,22,24). The lowest BCUT2D eigenvalue weighted by Crippen LogP contribution is -2.31. The first-order valence-electron chi connectivity index (χ1n) is 9.07. The Morgan fingerprint density at radius 1 is 1.07 bits per heavy atom. The average molecular weight is 439 g/mol. The summed E-state index contributed by atoms with van der Waals surface area (Å²) in [5, 5.41) is 2.67. The van der Waals surface area contributed by atoms with Crippen LogP contribution in [0.15, 0.2) is 53.4 Å². The number of sulfonamides is 1. The predicted molar refractivity (Wildman–Crippen MR) is 110 cm³/mol. The molecule has 0 aliphatic carbocycles. The lowest BCUT2D eigenvalue weighted by Gasteiger charge is -2.19. The fraction of sp³-hybridized carbons (Fsp3) is 0.300. The molecule has 1 N–H and O–H groups in total. The number of nitrogens with one attached hydrogen (secondary N) is 1. The number of carbonyl (C=O) groups excluding carboxylic acids is 2. The van der Waals surface area contributed by atoms with E-state index in [-0.39, 0.29) is 15.5 Å². The second-order valence-electron chi connectivity index (χ2n) is 6.07. The van der Waals surface area contributed by atoms with Crippen molar-refractivity contribution in [1.82, 2.24) is 9.62 Å². The van der Waals surface area contributed by atoms with Gasteiger partial charge in [0.1, 0.15) is 0 Å². The summed E-state index contributed by atoms with van der Waals surface area (Å²) in [5.74, 6) is -1.35. The molecule has 156 valence electrons. The number of benzene rings is 2. The Labute approximate surface area is 175 Å². The highest BCUT2D eigenvalue weighted by Gasteiger charge is 2.24. The molecular formula is C20H23ClN2O5S. The monoisotopic (exact) mass is 438 g/mol. The number of ether oxygens (including phenoxy) is 1. The van der Waals surface area contributed by atoms with E-state index in [1.807, 2.05) is 30.3 Å². The summed E-state index contributed by atoms with van der Waals surface area (Å²) in [6, 6.07) is 13.1. The van der Waals surface area contributed by atoms with Gasteiger partial charge in [0.2, 0.25) is 10.0 Å². The number of esters is 1. The summed E-state index contributed by atoms with van der Waals surface area (Å²) in [6.45, 7) is 3.83. The van der Waals surface area contributed by atoms with Crippen molar-refractivity contribution < 1.29 is 22.7 Å². The highest BCUT2D eigenvalue weighted by molar-refractivity contribution is 7.89. The molecule has 0 heterocycles. The first-order chi connectivity index (χ1) is 13.8. The number of amides is 1. The largest absolute Gasteiger partial charge is 0.452 e. The fourth-order valence-corrected chi connectivity index (χ4v) is 4.27. The van der Waals surface area contributed by atoms with E-state index in [0.717, 1.165) is 5.56 Å². The van der Waals surface area contributed by atoms with Crippen molar-refractivity contribution in [2.24, 2.45) is 0 Å². The molecule has 0 atom stereocenters. The van der Waals surface area contributed by atoms with Crippen molar-refractivity contribution in [3.05, 3.63) is 64.7 Å². The van der Waals surface area contributed by atoms with Crippen LogP contribution in [0.2, 0.25) is 5.02 Å². The van der Waals surface area contributed by atoms with E-state index in [2.05, 4.69) is 5.32 Å². The molecule has 29 heavy (non-hydrogen) atoms. The van der Waals surface area contributed by atoms with Gasteiger partial charge in [0.05, 0.1) is 15.5 Å². The lowest BCUT2D eigenvalue weighted by molar-refractivity contribution is -0.124. The van der Waals surface area contributed by atoms with Crippen LogP contribution >= 0.6 is 11.6 Å². The Bertz CT molecular complexity index is 960. The molecule has 0 spiro atoms. The van der Waals surface area contributed by atoms with Crippen LogP contribution in [0, 0.1) is 0 Å². The van der Waals surface area contributed by atoms with E-state index < -0.39 is 28.5 Å². The molecule has 0 aliphatic rings. The van der Waals surface area contributed by atoms with Crippen LogP contribution < -0.4 is 5.32 Å². The summed E-state index contributed by atoms with van der Waals surface area (Å²) >= 11 is 6.04. The number of hydrogen-bond acceptors (Lipinski definition) is 5. The third-order valence-electron chi connectivity index (χ3n) is 4.17. The highest BCUT2D eigenvalue weighted by Crippen LogP contribution is 2.23. The molecule has 0 unspecified atom stereocenters.